The zero-order valence-corrected chi connectivity index (χ0v) is 18.9. The molecule has 0 spiro atoms. The second kappa shape index (κ2) is 9.99. The summed E-state index contributed by atoms with van der Waals surface area (Å²) >= 11 is 0. The van der Waals surface area contributed by atoms with Crippen LogP contribution in [0.4, 0.5) is 11.5 Å². The highest BCUT2D eigenvalue weighted by atomic mass is 16.6. The standard InChI is InChI=1S/C26H24N4O4/c1-18-6-3-4-8-22(18)16-29-13-12-25(28-29)27-26(31)21-9-5-7-20(15-21)17-34-23-10-11-24(30(32)33)19(2)14-23/h3-15H,16-17H2,1-2H3,(H,27,28,31). The first-order valence-electron chi connectivity index (χ1n) is 10.7. The van der Waals surface area contributed by atoms with Crippen molar-refractivity contribution in [3.8, 4) is 5.75 Å². The molecule has 0 fully saturated rings. The van der Waals surface area contributed by atoms with Crippen LogP contribution in [-0.2, 0) is 13.2 Å². The van der Waals surface area contributed by atoms with Crippen molar-refractivity contribution >= 4 is 17.4 Å². The van der Waals surface area contributed by atoms with Crippen LogP contribution >= 0.6 is 0 Å². The predicted molar refractivity (Wildman–Crippen MR) is 129 cm³/mol. The lowest BCUT2D eigenvalue weighted by Crippen LogP contribution is -2.13. The molecule has 172 valence electrons. The molecule has 34 heavy (non-hydrogen) atoms. The van der Waals surface area contributed by atoms with Crippen LogP contribution < -0.4 is 10.1 Å². The van der Waals surface area contributed by atoms with E-state index in [4.69, 9.17) is 4.74 Å². The number of hydrogen-bond acceptors (Lipinski definition) is 5. The number of anilines is 1. The maximum absolute atomic E-state index is 12.7. The number of carbonyl (C=O) groups is 1. The highest BCUT2D eigenvalue weighted by molar-refractivity contribution is 6.03. The van der Waals surface area contributed by atoms with Gasteiger partial charge in [0, 0.05) is 29.5 Å². The topological polar surface area (TPSA) is 99.3 Å². The van der Waals surface area contributed by atoms with Gasteiger partial charge in [-0.3, -0.25) is 19.6 Å². The first kappa shape index (κ1) is 22.7. The molecule has 0 atom stereocenters. The number of nitrogens with zero attached hydrogens (tertiary/aromatic N) is 3. The van der Waals surface area contributed by atoms with Crippen LogP contribution in [0, 0.1) is 24.0 Å². The fourth-order valence-corrected chi connectivity index (χ4v) is 3.56. The number of nitro groups is 1. The van der Waals surface area contributed by atoms with Crippen molar-refractivity contribution in [2.45, 2.75) is 27.0 Å². The van der Waals surface area contributed by atoms with E-state index >= 15 is 0 Å². The van der Waals surface area contributed by atoms with E-state index < -0.39 is 4.92 Å². The van der Waals surface area contributed by atoms with Gasteiger partial charge >= 0.3 is 0 Å². The fourth-order valence-electron chi connectivity index (χ4n) is 3.56. The van der Waals surface area contributed by atoms with Crippen molar-refractivity contribution in [2.75, 3.05) is 5.32 Å². The molecule has 4 aromatic rings. The minimum atomic E-state index is -0.424. The summed E-state index contributed by atoms with van der Waals surface area (Å²) in [4.78, 5) is 23.3. The molecule has 8 heteroatoms. The number of nitrogens with one attached hydrogen (secondary N) is 1. The molecule has 0 saturated carbocycles. The Hall–Kier alpha value is -4.46. The largest absolute Gasteiger partial charge is 0.489 e. The second-order valence-electron chi connectivity index (χ2n) is 7.97. The van der Waals surface area contributed by atoms with Crippen LogP contribution in [0.3, 0.4) is 0 Å². The van der Waals surface area contributed by atoms with E-state index in [-0.39, 0.29) is 18.2 Å². The van der Waals surface area contributed by atoms with Crippen molar-refractivity contribution in [1.29, 1.82) is 0 Å². The van der Waals surface area contributed by atoms with Crippen LogP contribution in [0.1, 0.15) is 32.6 Å². The predicted octanol–water partition coefficient (Wildman–Crippen LogP) is 5.29. The molecule has 0 radical (unpaired) electrons. The van der Waals surface area contributed by atoms with Gasteiger partial charge in [-0.15, -0.1) is 0 Å². The molecule has 0 bridgehead atoms. The molecule has 3 aromatic carbocycles. The van der Waals surface area contributed by atoms with Crippen LogP contribution in [-0.4, -0.2) is 20.6 Å². The molecule has 0 saturated heterocycles. The first-order valence-corrected chi connectivity index (χ1v) is 10.7. The summed E-state index contributed by atoms with van der Waals surface area (Å²) in [6.45, 7) is 4.57. The van der Waals surface area contributed by atoms with E-state index in [2.05, 4.69) is 29.5 Å². The average Bonchev–Trinajstić information content (AvgIpc) is 3.26. The zero-order valence-electron chi connectivity index (χ0n) is 18.9. The third-order valence-corrected chi connectivity index (χ3v) is 5.44. The van der Waals surface area contributed by atoms with E-state index in [1.807, 2.05) is 24.4 Å². The van der Waals surface area contributed by atoms with Gasteiger partial charge in [0.1, 0.15) is 12.4 Å². The number of amides is 1. The number of benzene rings is 3. The van der Waals surface area contributed by atoms with Gasteiger partial charge in [-0.2, -0.15) is 5.10 Å². The molecule has 0 aliphatic rings. The normalized spacial score (nSPS) is 10.6. The summed E-state index contributed by atoms with van der Waals surface area (Å²) < 4.78 is 7.55. The summed E-state index contributed by atoms with van der Waals surface area (Å²) in [5.74, 6) is 0.730. The molecule has 1 heterocycles. The van der Waals surface area contributed by atoms with E-state index in [1.165, 1.54) is 17.2 Å². The first-order chi connectivity index (χ1) is 16.4. The zero-order chi connectivity index (χ0) is 24.1. The molecule has 0 unspecified atom stereocenters. The molecular weight excluding hydrogens is 432 g/mol. The van der Waals surface area contributed by atoms with Gasteiger partial charge in [0.05, 0.1) is 11.5 Å². The van der Waals surface area contributed by atoms with E-state index in [9.17, 15) is 14.9 Å². The Kier molecular flexibility index (Phi) is 6.68. The molecule has 0 aliphatic heterocycles. The summed E-state index contributed by atoms with van der Waals surface area (Å²) in [6.07, 6.45) is 1.83. The van der Waals surface area contributed by atoms with Crippen molar-refractivity contribution in [3.63, 3.8) is 0 Å². The van der Waals surface area contributed by atoms with Crippen molar-refractivity contribution < 1.29 is 14.5 Å². The summed E-state index contributed by atoms with van der Waals surface area (Å²) in [6, 6.07) is 21.6. The number of rotatable bonds is 8. The highest BCUT2D eigenvalue weighted by Gasteiger charge is 2.12. The average molecular weight is 457 g/mol. The highest BCUT2D eigenvalue weighted by Crippen LogP contribution is 2.24. The summed E-state index contributed by atoms with van der Waals surface area (Å²) in [7, 11) is 0. The Balaban J connectivity index is 1.37. The number of aryl methyl sites for hydroxylation is 2. The van der Waals surface area contributed by atoms with Crippen molar-refractivity contribution in [1.82, 2.24) is 9.78 Å². The van der Waals surface area contributed by atoms with Crippen LogP contribution in [0.2, 0.25) is 0 Å². The summed E-state index contributed by atoms with van der Waals surface area (Å²) in [5.41, 5.74) is 4.21. The third-order valence-electron chi connectivity index (χ3n) is 5.44. The Labute approximate surface area is 197 Å². The van der Waals surface area contributed by atoms with Crippen LogP contribution in [0.25, 0.3) is 0 Å². The molecule has 1 aromatic heterocycles. The minimum Gasteiger partial charge on any atom is -0.489 e. The SMILES string of the molecule is Cc1ccccc1Cn1ccc(NC(=O)c2cccc(COc3ccc([N+](=O)[O-])c(C)c3)c2)n1. The van der Waals surface area contributed by atoms with Crippen molar-refractivity contribution in [2.24, 2.45) is 0 Å². The lowest BCUT2D eigenvalue weighted by Gasteiger charge is -2.09. The molecule has 4 rings (SSSR count). The molecule has 0 aliphatic carbocycles. The smallest absolute Gasteiger partial charge is 0.272 e. The van der Waals surface area contributed by atoms with Crippen molar-refractivity contribution in [3.05, 3.63) is 117 Å². The molecular formula is C26H24N4O4. The quantitative estimate of drug-likeness (QED) is 0.287. The molecule has 1 N–H and O–H groups in total. The number of ether oxygens (including phenoxy) is 1. The molecule has 8 nitrogen and oxygen atoms in total. The van der Waals surface area contributed by atoms with Gasteiger partial charge in [-0.25, -0.2) is 0 Å². The van der Waals surface area contributed by atoms with Crippen LogP contribution in [0.5, 0.6) is 5.75 Å². The Morgan fingerprint density at radius 3 is 2.62 bits per heavy atom. The maximum Gasteiger partial charge on any atom is 0.272 e. The number of hydrogen-bond donors (Lipinski definition) is 1. The van der Waals surface area contributed by atoms with Gasteiger partial charge < -0.3 is 10.1 Å². The van der Waals surface area contributed by atoms with Gasteiger partial charge in [-0.1, -0.05) is 36.4 Å². The summed E-state index contributed by atoms with van der Waals surface area (Å²) in [5, 5.41) is 18.2. The van der Waals surface area contributed by atoms with E-state index in [0.717, 1.165) is 5.56 Å². The monoisotopic (exact) mass is 456 g/mol. The lowest BCUT2D eigenvalue weighted by atomic mass is 10.1. The van der Waals surface area contributed by atoms with Gasteiger partial charge in [0.25, 0.3) is 11.6 Å². The third kappa shape index (κ3) is 5.47. The Morgan fingerprint density at radius 1 is 1.03 bits per heavy atom. The van der Waals surface area contributed by atoms with E-state index in [1.54, 1.807) is 48.0 Å². The van der Waals surface area contributed by atoms with E-state index in [0.29, 0.717) is 29.2 Å². The maximum atomic E-state index is 12.7. The Bertz CT molecular complexity index is 1350. The van der Waals surface area contributed by atoms with Crippen LogP contribution in [0.15, 0.2) is 79.0 Å². The fraction of sp³-hybridized carbons (Fsp3) is 0.154. The second-order valence-corrected chi connectivity index (χ2v) is 7.97. The number of carbonyl (C=O) groups excluding carboxylic acids is 1. The van der Waals surface area contributed by atoms with Gasteiger partial charge in [0.2, 0.25) is 0 Å². The Morgan fingerprint density at radius 2 is 1.85 bits per heavy atom. The molecule has 1 amide bonds. The van der Waals surface area contributed by atoms with Gasteiger partial charge in [0.15, 0.2) is 5.82 Å². The number of nitro benzene ring substituents is 1. The minimum absolute atomic E-state index is 0.0485. The number of aromatic nitrogens is 2. The van der Waals surface area contributed by atoms with Gasteiger partial charge in [-0.05, 0) is 54.8 Å². The lowest BCUT2D eigenvalue weighted by molar-refractivity contribution is -0.385.